The van der Waals surface area contributed by atoms with Crippen LogP contribution in [0.1, 0.15) is 21.5 Å². The molecular formula is C20H19N3O2. The maximum Gasteiger partial charge on any atom is 0.255 e. The zero-order valence-electron chi connectivity index (χ0n) is 13.7. The molecule has 0 saturated carbocycles. The lowest BCUT2D eigenvalue weighted by Crippen LogP contribution is -2.24. The van der Waals surface area contributed by atoms with Gasteiger partial charge in [0.25, 0.3) is 5.91 Å². The number of carbonyl (C=O) groups excluding carboxylic acids is 1. The lowest BCUT2D eigenvalue weighted by molar-refractivity contribution is 0.0951. The summed E-state index contributed by atoms with van der Waals surface area (Å²) in [6, 6.07) is 20.9. The average Bonchev–Trinajstić information content (AvgIpc) is 2.66. The molecule has 25 heavy (non-hydrogen) atoms. The van der Waals surface area contributed by atoms with Gasteiger partial charge < -0.3 is 15.8 Å². The molecule has 5 nitrogen and oxygen atoms in total. The predicted molar refractivity (Wildman–Crippen MR) is 97.0 cm³/mol. The third kappa shape index (κ3) is 4.57. The van der Waals surface area contributed by atoms with E-state index in [2.05, 4.69) is 10.3 Å². The number of hydrogen-bond acceptors (Lipinski definition) is 4. The maximum absolute atomic E-state index is 12.2. The number of aromatic nitrogens is 1. The molecule has 5 heteroatoms. The highest BCUT2D eigenvalue weighted by molar-refractivity contribution is 5.98. The number of carbonyl (C=O) groups is 1. The maximum atomic E-state index is 12.2. The summed E-state index contributed by atoms with van der Waals surface area (Å²) < 4.78 is 5.75. The Hall–Kier alpha value is -3.34. The van der Waals surface area contributed by atoms with Crippen molar-refractivity contribution in [1.29, 1.82) is 0 Å². The van der Waals surface area contributed by atoms with Gasteiger partial charge in [0, 0.05) is 12.7 Å². The first-order chi connectivity index (χ1) is 12.2. The number of nitrogens with one attached hydrogen (secondary N) is 1. The van der Waals surface area contributed by atoms with Crippen LogP contribution in [-0.4, -0.2) is 10.9 Å². The number of benzene rings is 2. The van der Waals surface area contributed by atoms with E-state index in [9.17, 15) is 4.79 Å². The first kappa shape index (κ1) is 16.5. The second kappa shape index (κ2) is 7.97. The van der Waals surface area contributed by atoms with E-state index in [0.717, 1.165) is 16.9 Å². The van der Waals surface area contributed by atoms with E-state index in [1.54, 1.807) is 18.3 Å². The van der Waals surface area contributed by atoms with Crippen molar-refractivity contribution >= 4 is 11.7 Å². The van der Waals surface area contributed by atoms with Crippen molar-refractivity contribution in [2.45, 2.75) is 13.2 Å². The highest BCUT2D eigenvalue weighted by atomic mass is 16.5. The number of nitrogens with zero attached hydrogens (tertiary/aromatic N) is 1. The van der Waals surface area contributed by atoms with Crippen LogP contribution in [-0.2, 0) is 13.2 Å². The summed E-state index contributed by atoms with van der Waals surface area (Å²) in [7, 11) is 0. The van der Waals surface area contributed by atoms with Crippen LogP contribution in [0.3, 0.4) is 0 Å². The van der Waals surface area contributed by atoms with Gasteiger partial charge in [0.15, 0.2) is 0 Å². The minimum Gasteiger partial charge on any atom is -0.489 e. The van der Waals surface area contributed by atoms with Gasteiger partial charge in [0.1, 0.15) is 18.2 Å². The van der Waals surface area contributed by atoms with Crippen molar-refractivity contribution in [3.8, 4) is 5.75 Å². The summed E-state index contributed by atoms with van der Waals surface area (Å²) in [5.41, 5.74) is 8.13. The summed E-state index contributed by atoms with van der Waals surface area (Å²) in [6.07, 6.45) is 1.56. The van der Waals surface area contributed by atoms with Crippen LogP contribution >= 0.6 is 0 Å². The number of anilines is 1. The SMILES string of the molecule is Nc1ncccc1C(=O)NCc1cccc(COc2ccccc2)c1. The summed E-state index contributed by atoms with van der Waals surface area (Å²) in [5.74, 6) is 0.815. The molecule has 3 rings (SSSR count). The van der Waals surface area contributed by atoms with E-state index in [4.69, 9.17) is 10.5 Å². The van der Waals surface area contributed by atoms with Gasteiger partial charge in [-0.15, -0.1) is 0 Å². The molecule has 0 spiro atoms. The summed E-state index contributed by atoms with van der Waals surface area (Å²) in [5, 5.41) is 2.86. The van der Waals surface area contributed by atoms with Gasteiger partial charge in [0.2, 0.25) is 0 Å². The van der Waals surface area contributed by atoms with Gasteiger partial charge in [-0.25, -0.2) is 4.98 Å². The van der Waals surface area contributed by atoms with Crippen molar-refractivity contribution in [2.24, 2.45) is 0 Å². The van der Waals surface area contributed by atoms with Crippen molar-refractivity contribution in [3.63, 3.8) is 0 Å². The van der Waals surface area contributed by atoms with Crippen LogP contribution in [0, 0.1) is 0 Å². The molecule has 0 bridgehead atoms. The Bertz CT molecular complexity index is 850. The summed E-state index contributed by atoms with van der Waals surface area (Å²) in [6.45, 7) is 0.883. The molecule has 1 amide bonds. The summed E-state index contributed by atoms with van der Waals surface area (Å²) >= 11 is 0. The summed E-state index contributed by atoms with van der Waals surface area (Å²) in [4.78, 5) is 16.1. The Labute approximate surface area is 146 Å². The number of hydrogen-bond donors (Lipinski definition) is 2. The minimum atomic E-state index is -0.239. The molecule has 0 aliphatic rings. The van der Waals surface area contributed by atoms with Crippen molar-refractivity contribution in [2.75, 3.05) is 5.73 Å². The zero-order chi connectivity index (χ0) is 17.5. The molecule has 1 heterocycles. The molecular weight excluding hydrogens is 314 g/mol. The normalized spacial score (nSPS) is 10.2. The number of para-hydroxylation sites is 1. The van der Waals surface area contributed by atoms with Gasteiger partial charge >= 0.3 is 0 Å². The molecule has 0 aliphatic heterocycles. The molecule has 0 saturated heterocycles. The van der Waals surface area contributed by atoms with E-state index >= 15 is 0 Å². The zero-order valence-corrected chi connectivity index (χ0v) is 13.7. The monoisotopic (exact) mass is 333 g/mol. The minimum absolute atomic E-state index is 0.227. The highest BCUT2D eigenvalue weighted by Gasteiger charge is 2.09. The Morgan fingerprint density at radius 2 is 1.80 bits per heavy atom. The largest absolute Gasteiger partial charge is 0.489 e. The Kier molecular flexibility index (Phi) is 5.26. The number of ether oxygens (including phenoxy) is 1. The lowest BCUT2D eigenvalue weighted by atomic mass is 10.1. The fourth-order valence-corrected chi connectivity index (χ4v) is 2.40. The van der Waals surface area contributed by atoms with Crippen LogP contribution in [0.2, 0.25) is 0 Å². The smallest absolute Gasteiger partial charge is 0.255 e. The molecule has 2 aromatic carbocycles. The number of pyridine rings is 1. The van der Waals surface area contributed by atoms with Crippen LogP contribution in [0.5, 0.6) is 5.75 Å². The molecule has 0 unspecified atom stereocenters. The van der Waals surface area contributed by atoms with E-state index in [1.807, 2.05) is 54.6 Å². The fraction of sp³-hybridized carbons (Fsp3) is 0.100. The molecule has 0 atom stereocenters. The Balaban J connectivity index is 1.58. The number of amides is 1. The Morgan fingerprint density at radius 1 is 1.00 bits per heavy atom. The first-order valence-corrected chi connectivity index (χ1v) is 7.97. The van der Waals surface area contributed by atoms with Gasteiger partial charge in [0.05, 0.1) is 5.56 Å². The van der Waals surface area contributed by atoms with Gasteiger partial charge in [-0.3, -0.25) is 4.79 Å². The molecule has 0 aliphatic carbocycles. The van der Waals surface area contributed by atoms with Gasteiger partial charge in [-0.2, -0.15) is 0 Å². The third-order valence-electron chi connectivity index (χ3n) is 3.68. The standard InChI is InChI=1S/C20H19N3O2/c21-19-18(10-5-11-22-19)20(24)23-13-15-6-4-7-16(12-15)14-25-17-8-2-1-3-9-17/h1-12H,13-14H2,(H2,21,22)(H,23,24). The molecule has 0 fully saturated rings. The van der Waals surface area contributed by atoms with E-state index in [0.29, 0.717) is 18.7 Å². The van der Waals surface area contributed by atoms with Crippen LogP contribution < -0.4 is 15.8 Å². The van der Waals surface area contributed by atoms with E-state index in [1.165, 1.54) is 0 Å². The van der Waals surface area contributed by atoms with E-state index < -0.39 is 0 Å². The topological polar surface area (TPSA) is 77.2 Å². The van der Waals surface area contributed by atoms with Crippen LogP contribution in [0.4, 0.5) is 5.82 Å². The van der Waals surface area contributed by atoms with Crippen LogP contribution in [0.25, 0.3) is 0 Å². The average molecular weight is 333 g/mol. The van der Waals surface area contributed by atoms with Crippen molar-refractivity contribution < 1.29 is 9.53 Å². The van der Waals surface area contributed by atoms with E-state index in [-0.39, 0.29) is 11.7 Å². The molecule has 3 aromatic rings. The number of rotatable bonds is 6. The molecule has 126 valence electrons. The molecule has 1 aromatic heterocycles. The van der Waals surface area contributed by atoms with Gasteiger partial charge in [-0.1, -0.05) is 42.5 Å². The quantitative estimate of drug-likeness (QED) is 0.726. The highest BCUT2D eigenvalue weighted by Crippen LogP contribution is 2.13. The molecule has 0 radical (unpaired) electrons. The van der Waals surface area contributed by atoms with Crippen molar-refractivity contribution in [3.05, 3.63) is 89.6 Å². The Morgan fingerprint density at radius 3 is 2.60 bits per heavy atom. The first-order valence-electron chi connectivity index (χ1n) is 7.97. The van der Waals surface area contributed by atoms with Crippen LogP contribution in [0.15, 0.2) is 72.9 Å². The lowest BCUT2D eigenvalue weighted by Gasteiger charge is -2.09. The number of nitrogen functional groups attached to an aromatic ring is 1. The number of nitrogens with two attached hydrogens (primary N) is 1. The predicted octanol–water partition coefficient (Wildman–Crippen LogP) is 3.17. The third-order valence-corrected chi connectivity index (χ3v) is 3.68. The van der Waals surface area contributed by atoms with Gasteiger partial charge in [-0.05, 0) is 35.4 Å². The fourth-order valence-electron chi connectivity index (χ4n) is 2.40. The molecule has 3 N–H and O–H groups in total. The second-order valence-electron chi connectivity index (χ2n) is 5.54. The second-order valence-corrected chi connectivity index (χ2v) is 5.54. The van der Waals surface area contributed by atoms with Crippen molar-refractivity contribution in [1.82, 2.24) is 10.3 Å².